The van der Waals surface area contributed by atoms with Crippen molar-refractivity contribution in [2.45, 2.75) is 44.4 Å². The molecule has 4 unspecified atom stereocenters. The minimum atomic E-state index is -1.05. The van der Waals surface area contributed by atoms with Crippen LogP contribution in [0, 0.1) is 52.9 Å². The fraction of sp³-hybridized carbons (Fsp3) is 0.385. The SMILES string of the molecule is C=CC1CCC2CC(c3cc(F)c(C#Cc4ccc(F)c(F)c4)c(F)c3)CCC2C1. The van der Waals surface area contributed by atoms with Gasteiger partial charge >= 0.3 is 0 Å². The molecule has 156 valence electrons. The molecule has 2 aliphatic rings. The summed E-state index contributed by atoms with van der Waals surface area (Å²) in [7, 11) is 0. The van der Waals surface area contributed by atoms with E-state index in [9.17, 15) is 17.6 Å². The number of benzene rings is 2. The summed E-state index contributed by atoms with van der Waals surface area (Å²) < 4.78 is 55.6. The van der Waals surface area contributed by atoms with Gasteiger partial charge in [-0.25, -0.2) is 17.6 Å². The Morgan fingerprint density at radius 3 is 2.17 bits per heavy atom. The molecule has 0 nitrogen and oxygen atoms in total. The van der Waals surface area contributed by atoms with Crippen molar-refractivity contribution in [2.24, 2.45) is 17.8 Å². The molecule has 0 aromatic heterocycles. The van der Waals surface area contributed by atoms with Crippen molar-refractivity contribution in [1.29, 1.82) is 0 Å². The number of hydrogen-bond donors (Lipinski definition) is 0. The summed E-state index contributed by atoms with van der Waals surface area (Å²) in [4.78, 5) is 0. The zero-order valence-corrected chi connectivity index (χ0v) is 16.7. The van der Waals surface area contributed by atoms with Gasteiger partial charge in [0.1, 0.15) is 11.6 Å². The van der Waals surface area contributed by atoms with Crippen molar-refractivity contribution in [3.8, 4) is 11.8 Å². The summed E-state index contributed by atoms with van der Waals surface area (Å²) in [6.45, 7) is 3.93. The van der Waals surface area contributed by atoms with E-state index in [1.807, 2.05) is 0 Å². The highest BCUT2D eigenvalue weighted by Crippen LogP contribution is 2.48. The molecule has 2 aliphatic carbocycles. The van der Waals surface area contributed by atoms with E-state index < -0.39 is 23.3 Å². The van der Waals surface area contributed by atoms with Gasteiger partial charge in [0.15, 0.2) is 11.6 Å². The smallest absolute Gasteiger partial charge is 0.160 e. The first-order chi connectivity index (χ1) is 14.4. The maximum Gasteiger partial charge on any atom is 0.160 e. The summed E-state index contributed by atoms with van der Waals surface area (Å²) >= 11 is 0. The molecule has 2 fully saturated rings. The Hall–Kier alpha value is -2.54. The number of rotatable bonds is 2. The van der Waals surface area contributed by atoms with E-state index in [4.69, 9.17) is 0 Å². The van der Waals surface area contributed by atoms with Gasteiger partial charge in [0.25, 0.3) is 0 Å². The van der Waals surface area contributed by atoms with E-state index in [1.165, 1.54) is 24.6 Å². The Balaban J connectivity index is 1.52. The molecule has 4 heteroatoms. The predicted molar refractivity (Wildman–Crippen MR) is 110 cm³/mol. The minimum Gasteiger partial charge on any atom is -0.206 e. The first kappa shape index (κ1) is 20.7. The Morgan fingerprint density at radius 2 is 1.47 bits per heavy atom. The van der Waals surface area contributed by atoms with Gasteiger partial charge in [0.05, 0.1) is 5.56 Å². The summed E-state index contributed by atoms with van der Waals surface area (Å²) in [6, 6.07) is 5.90. The lowest BCUT2D eigenvalue weighted by Gasteiger charge is -2.41. The molecule has 0 bridgehead atoms. The van der Waals surface area contributed by atoms with Crippen molar-refractivity contribution in [1.82, 2.24) is 0 Å². The van der Waals surface area contributed by atoms with Crippen LogP contribution in [-0.2, 0) is 0 Å². The van der Waals surface area contributed by atoms with Crippen LogP contribution in [0.5, 0.6) is 0 Å². The molecule has 0 spiro atoms. The van der Waals surface area contributed by atoms with Crippen LogP contribution in [0.25, 0.3) is 0 Å². The molecule has 30 heavy (non-hydrogen) atoms. The van der Waals surface area contributed by atoms with Crippen LogP contribution in [0.1, 0.15) is 61.1 Å². The number of hydrogen-bond acceptors (Lipinski definition) is 0. The lowest BCUT2D eigenvalue weighted by molar-refractivity contribution is 0.133. The number of halogens is 4. The second-order valence-electron chi connectivity index (χ2n) is 8.58. The van der Waals surface area contributed by atoms with Gasteiger partial charge in [0.2, 0.25) is 0 Å². The third-order valence-corrected chi connectivity index (χ3v) is 6.77. The first-order valence-corrected chi connectivity index (χ1v) is 10.5. The molecular formula is C26H24F4. The average Bonchev–Trinajstić information content (AvgIpc) is 2.74. The van der Waals surface area contributed by atoms with Crippen LogP contribution in [0.15, 0.2) is 43.0 Å². The van der Waals surface area contributed by atoms with E-state index in [1.54, 1.807) is 0 Å². The lowest BCUT2D eigenvalue weighted by Crippen LogP contribution is -2.30. The molecule has 2 aromatic rings. The van der Waals surface area contributed by atoms with Crippen LogP contribution in [0.3, 0.4) is 0 Å². The van der Waals surface area contributed by atoms with Gasteiger partial charge in [-0.1, -0.05) is 17.9 Å². The maximum absolute atomic E-state index is 14.7. The molecule has 2 aromatic carbocycles. The standard InChI is InChI=1S/C26H24F4/c1-2-16-3-6-19-13-20(8-7-18(19)11-16)21-14-24(28)22(25(29)15-21)9-4-17-5-10-23(27)26(30)12-17/h2,5,10,12,14-16,18-20H,1,3,6-8,11,13H2. The first-order valence-electron chi connectivity index (χ1n) is 10.5. The molecule has 0 amide bonds. The molecule has 0 aliphatic heterocycles. The summed E-state index contributed by atoms with van der Waals surface area (Å²) in [6.07, 6.45) is 8.53. The van der Waals surface area contributed by atoms with Crippen molar-refractivity contribution in [3.63, 3.8) is 0 Å². The number of fused-ring (bicyclic) bond motifs is 1. The van der Waals surface area contributed by atoms with Crippen LogP contribution in [-0.4, -0.2) is 0 Å². The van der Waals surface area contributed by atoms with Gasteiger partial charge in [0, 0.05) is 5.56 Å². The molecule has 0 N–H and O–H groups in total. The summed E-state index contributed by atoms with van der Waals surface area (Å²) in [5.41, 5.74) is 0.501. The van der Waals surface area contributed by atoms with E-state index in [0.717, 1.165) is 44.2 Å². The van der Waals surface area contributed by atoms with Crippen LogP contribution in [0.4, 0.5) is 17.6 Å². The monoisotopic (exact) mass is 412 g/mol. The van der Waals surface area contributed by atoms with Crippen molar-refractivity contribution in [3.05, 3.63) is 82.9 Å². The van der Waals surface area contributed by atoms with Gasteiger partial charge in [-0.15, -0.1) is 6.58 Å². The Kier molecular flexibility index (Phi) is 5.99. The Morgan fingerprint density at radius 1 is 0.767 bits per heavy atom. The highest BCUT2D eigenvalue weighted by molar-refractivity contribution is 5.45. The highest BCUT2D eigenvalue weighted by Gasteiger charge is 2.35. The fourth-order valence-corrected chi connectivity index (χ4v) is 5.10. The lowest BCUT2D eigenvalue weighted by atomic mass is 9.64. The average molecular weight is 412 g/mol. The fourth-order valence-electron chi connectivity index (χ4n) is 5.10. The number of allylic oxidation sites excluding steroid dienone is 1. The predicted octanol–water partition coefficient (Wildman–Crippen LogP) is 7.13. The maximum atomic E-state index is 14.7. The van der Waals surface area contributed by atoms with Crippen molar-refractivity contribution in [2.75, 3.05) is 0 Å². The van der Waals surface area contributed by atoms with Crippen LogP contribution >= 0.6 is 0 Å². The van der Waals surface area contributed by atoms with Gasteiger partial charge in [-0.2, -0.15) is 0 Å². The van der Waals surface area contributed by atoms with Crippen LogP contribution < -0.4 is 0 Å². The van der Waals surface area contributed by atoms with E-state index >= 15 is 0 Å². The van der Waals surface area contributed by atoms with E-state index in [-0.39, 0.29) is 17.0 Å². The molecule has 0 heterocycles. The van der Waals surface area contributed by atoms with E-state index in [2.05, 4.69) is 24.5 Å². The summed E-state index contributed by atoms with van der Waals surface area (Å²) in [5.74, 6) is 3.54. The quantitative estimate of drug-likeness (QED) is 0.280. The zero-order valence-electron chi connectivity index (χ0n) is 16.7. The molecule has 0 radical (unpaired) electrons. The zero-order chi connectivity index (χ0) is 21.3. The van der Waals surface area contributed by atoms with Gasteiger partial charge in [-0.3, -0.25) is 0 Å². The van der Waals surface area contributed by atoms with E-state index in [0.29, 0.717) is 23.3 Å². The molecule has 0 saturated heterocycles. The van der Waals surface area contributed by atoms with Crippen LogP contribution in [0.2, 0.25) is 0 Å². The third kappa shape index (κ3) is 4.31. The minimum absolute atomic E-state index is 0.156. The van der Waals surface area contributed by atoms with Crippen molar-refractivity contribution >= 4 is 0 Å². The Bertz CT molecular complexity index is 990. The second-order valence-corrected chi connectivity index (χ2v) is 8.58. The molecular weight excluding hydrogens is 388 g/mol. The molecule has 4 rings (SSSR count). The Labute approximate surface area is 175 Å². The largest absolute Gasteiger partial charge is 0.206 e. The molecule has 4 atom stereocenters. The highest BCUT2D eigenvalue weighted by atomic mass is 19.2. The normalized spacial score (nSPS) is 25.7. The van der Waals surface area contributed by atoms with Crippen molar-refractivity contribution < 1.29 is 17.6 Å². The van der Waals surface area contributed by atoms with Gasteiger partial charge < -0.3 is 0 Å². The van der Waals surface area contributed by atoms with Gasteiger partial charge in [-0.05, 0) is 98.1 Å². The second kappa shape index (κ2) is 8.68. The third-order valence-electron chi connectivity index (χ3n) is 6.77. The topological polar surface area (TPSA) is 0 Å². The summed E-state index contributed by atoms with van der Waals surface area (Å²) in [5, 5.41) is 0. The molecule has 2 saturated carbocycles.